The molecule has 1 aromatic heterocycles. The Labute approximate surface area is 117 Å². The summed E-state index contributed by atoms with van der Waals surface area (Å²) in [7, 11) is 3.69. The molecule has 0 aliphatic rings. The van der Waals surface area contributed by atoms with Crippen molar-refractivity contribution in [1.29, 1.82) is 0 Å². The summed E-state index contributed by atoms with van der Waals surface area (Å²) in [6, 6.07) is 6.75. The highest BCUT2D eigenvalue weighted by molar-refractivity contribution is 5.40. The maximum atomic E-state index is 5.23. The highest BCUT2D eigenvalue weighted by Crippen LogP contribution is 2.18. The second-order valence-corrected chi connectivity index (χ2v) is 4.67. The van der Waals surface area contributed by atoms with E-state index in [9.17, 15) is 0 Å². The molecule has 0 unspecified atom stereocenters. The van der Waals surface area contributed by atoms with Gasteiger partial charge in [-0.25, -0.2) is 4.98 Å². The summed E-state index contributed by atoms with van der Waals surface area (Å²) >= 11 is 0. The number of rotatable bonds is 9. The molecule has 1 rings (SSSR count). The van der Waals surface area contributed by atoms with Gasteiger partial charge in [-0.1, -0.05) is 19.9 Å². The summed E-state index contributed by atoms with van der Waals surface area (Å²) in [5.74, 6) is 1.05. The zero-order valence-corrected chi connectivity index (χ0v) is 12.6. The Bertz CT molecular complexity index is 353. The highest BCUT2D eigenvalue weighted by Gasteiger charge is 2.16. The standard InChI is InChI=1S/C15H27N3O/c1-5-14(6-2)18(10-11-19-4)15-9-7-8-13(17-15)12-16-3/h7-9,14,16H,5-6,10-12H2,1-4H3. The van der Waals surface area contributed by atoms with Gasteiger partial charge in [-0.05, 0) is 32.0 Å². The van der Waals surface area contributed by atoms with E-state index < -0.39 is 0 Å². The monoisotopic (exact) mass is 265 g/mol. The van der Waals surface area contributed by atoms with E-state index in [1.54, 1.807) is 7.11 Å². The van der Waals surface area contributed by atoms with Gasteiger partial charge in [-0.2, -0.15) is 0 Å². The zero-order chi connectivity index (χ0) is 14.1. The average molecular weight is 265 g/mol. The van der Waals surface area contributed by atoms with Crippen molar-refractivity contribution >= 4 is 5.82 Å². The van der Waals surface area contributed by atoms with Crippen molar-refractivity contribution in [3.63, 3.8) is 0 Å². The second kappa shape index (κ2) is 8.88. The zero-order valence-electron chi connectivity index (χ0n) is 12.6. The molecule has 0 saturated heterocycles. The number of aromatic nitrogens is 1. The summed E-state index contributed by atoms with van der Waals surface area (Å²) in [5.41, 5.74) is 1.08. The van der Waals surface area contributed by atoms with Crippen LogP contribution in [0.15, 0.2) is 18.2 Å². The van der Waals surface area contributed by atoms with E-state index in [-0.39, 0.29) is 0 Å². The van der Waals surface area contributed by atoms with E-state index in [0.29, 0.717) is 6.04 Å². The molecule has 0 spiro atoms. The lowest BCUT2D eigenvalue weighted by atomic mass is 10.1. The molecule has 0 aliphatic heterocycles. The summed E-state index contributed by atoms with van der Waals surface area (Å²) in [5, 5.41) is 3.14. The highest BCUT2D eigenvalue weighted by atomic mass is 16.5. The fraction of sp³-hybridized carbons (Fsp3) is 0.667. The predicted molar refractivity (Wildman–Crippen MR) is 80.6 cm³/mol. The van der Waals surface area contributed by atoms with Crippen molar-refractivity contribution in [2.75, 3.05) is 32.2 Å². The molecular formula is C15H27N3O. The van der Waals surface area contributed by atoms with Gasteiger partial charge >= 0.3 is 0 Å². The van der Waals surface area contributed by atoms with Crippen LogP contribution in [0.3, 0.4) is 0 Å². The van der Waals surface area contributed by atoms with Crippen LogP contribution in [0, 0.1) is 0 Å². The Morgan fingerprint density at radius 3 is 2.63 bits per heavy atom. The van der Waals surface area contributed by atoms with Gasteiger partial charge in [0.2, 0.25) is 0 Å². The van der Waals surface area contributed by atoms with Crippen LogP contribution in [-0.2, 0) is 11.3 Å². The number of anilines is 1. The van der Waals surface area contributed by atoms with Crippen molar-refractivity contribution in [3.05, 3.63) is 23.9 Å². The molecule has 0 radical (unpaired) electrons. The van der Waals surface area contributed by atoms with Gasteiger partial charge in [0, 0.05) is 26.2 Å². The van der Waals surface area contributed by atoms with Crippen molar-refractivity contribution in [2.45, 2.75) is 39.3 Å². The third kappa shape index (κ3) is 4.80. The molecule has 108 valence electrons. The molecule has 1 N–H and O–H groups in total. The van der Waals surface area contributed by atoms with Gasteiger partial charge in [0.25, 0.3) is 0 Å². The lowest BCUT2D eigenvalue weighted by Gasteiger charge is -2.31. The molecule has 0 atom stereocenters. The van der Waals surface area contributed by atoms with Crippen LogP contribution in [0.4, 0.5) is 5.82 Å². The smallest absolute Gasteiger partial charge is 0.129 e. The number of ether oxygens (including phenoxy) is 1. The molecular weight excluding hydrogens is 238 g/mol. The predicted octanol–water partition coefficient (Wildman–Crippen LogP) is 2.44. The molecule has 0 aliphatic carbocycles. The topological polar surface area (TPSA) is 37.4 Å². The normalized spacial score (nSPS) is 11.0. The Morgan fingerprint density at radius 2 is 2.05 bits per heavy atom. The maximum absolute atomic E-state index is 5.23. The van der Waals surface area contributed by atoms with Gasteiger partial charge in [0.15, 0.2) is 0 Å². The SMILES string of the molecule is CCC(CC)N(CCOC)c1cccc(CNC)n1. The molecule has 19 heavy (non-hydrogen) atoms. The minimum absolute atomic E-state index is 0.521. The van der Waals surface area contributed by atoms with Crippen molar-refractivity contribution in [2.24, 2.45) is 0 Å². The van der Waals surface area contributed by atoms with E-state index >= 15 is 0 Å². The molecule has 4 heteroatoms. The van der Waals surface area contributed by atoms with E-state index in [2.05, 4.69) is 42.3 Å². The lowest BCUT2D eigenvalue weighted by Crippen LogP contribution is -2.37. The Kier molecular flexibility index (Phi) is 7.45. The van der Waals surface area contributed by atoms with Crippen LogP contribution in [0.5, 0.6) is 0 Å². The number of hydrogen-bond acceptors (Lipinski definition) is 4. The molecule has 0 amide bonds. The minimum atomic E-state index is 0.521. The largest absolute Gasteiger partial charge is 0.383 e. The number of nitrogens with one attached hydrogen (secondary N) is 1. The first kappa shape index (κ1) is 15.9. The van der Waals surface area contributed by atoms with Gasteiger partial charge in [0.1, 0.15) is 5.82 Å². The number of methoxy groups -OCH3 is 1. The summed E-state index contributed by atoms with van der Waals surface area (Å²) in [6.07, 6.45) is 2.25. The molecule has 4 nitrogen and oxygen atoms in total. The Balaban J connectivity index is 2.91. The Morgan fingerprint density at radius 1 is 1.32 bits per heavy atom. The fourth-order valence-corrected chi connectivity index (χ4v) is 2.31. The first-order valence-electron chi connectivity index (χ1n) is 7.12. The minimum Gasteiger partial charge on any atom is -0.383 e. The Hall–Kier alpha value is -1.13. The average Bonchev–Trinajstić information content (AvgIpc) is 2.44. The summed E-state index contributed by atoms with van der Waals surface area (Å²) in [4.78, 5) is 7.10. The quantitative estimate of drug-likeness (QED) is 0.744. The van der Waals surface area contributed by atoms with Gasteiger partial charge in [-0.15, -0.1) is 0 Å². The maximum Gasteiger partial charge on any atom is 0.129 e. The third-order valence-corrected chi connectivity index (χ3v) is 3.36. The van der Waals surface area contributed by atoms with E-state index in [4.69, 9.17) is 9.72 Å². The van der Waals surface area contributed by atoms with Gasteiger partial charge in [-0.3, -0.25) is 0 Å². The van der Waals surface area contributed by atoms with Crippen LogP contribution in [0.25, 0.3) is 0 Å². The molecule has 0 fully saturated rings. The summed E-state index contributed by atoms with van der Waals surface area (Å²) in [6.45, 7) is 6.87. The molecule has 1 aromatic rings. The number of nitrogens with zero attached hydrogens (tertiary/aromatic N) is 2. The van der Waals surface area contributed by atoms with E-state index in [0.717, 1.165) is 44.0 Å². The van der Waals surface area contributed by atoms with Gasteiger partial charge in [0.05, 0.1) is 12.3 Å². The van der Waals surface area contributed by atoms with Crippen LogP contribution in [0.2, 0.25) is 0 Å². The van der Waals surface area contributed by atoms with Crippen LogP contribution >= 0.6 is 0 Å². The van der Waals surface area contributed by atoms with E-state index in [1.165, 1.54) is 0 Å². The molecule has 0 aromatic carbocycles. The second-order valence-electron chi connectivity index (χ2n) is 4.67. The third-order valence-electron chi connectivity index (χ3n) is 3.36. The number of pyridine rings is 1. The van der Waals surface area contributed by atoms with Crippen molar-refractivity contribution in [3.8, 4) is 0 Å². The van der Waals surface area contributed by atoms with Gasteiger partial charge < -0.3 is 15.0 Å². The number of hydrogen-bond donors (Lipinski definition) is 1. The lowest BCUT2D eigenvalue weighted by molar-refractivity contribution is 0.202. The van der Waals surface area contributed by atoms with Crippen molar-refractivity contribution in [1.82, 2.24) is 10.3 Å². The van der Waals surface area contributed by atoms with E-state index in [1.807, 2.05) is 7.05 Å². The fourth-order valence-electron chi connectivity index (χ4n) is 2.31. The van der Waals surface area contributed by atoms with Crippen molar-refractivity contribution < 1.29 is 4.74 Å². The first-order chi connectivity index (χ1) is 9.26. The van der Waals surface area contributed by atoms with Crippen LogP contribution in [0.1, 0.15) is 32.4 Å². The van der Waals surface area contributed by atoms with Crippen LogP contribution < -0.4 is 10.2 Å². The first-order valence-corrected chi connectivity index (χ1v) is 7.12. The van der Waals surface area contributed by atoms with Crippen LogP contribution in [-0.4, -0.2) is 38.3 Å². The molecule has 0 bridgehead atoms. The summed E-state index contributed by atoms with van der Waals surface area (Å²) < 4.78 is 5.23. The molecule has 0 saturated carbocycles. The molecule has 1 heterocycles.